The molecule has 2 heterocycles. The van der Waals surface area contributed by atoms with Crippen LogP contribution in [-0.2, 0) is 0 Å². The second-order valence-corrected chi connectivity index (χ2v) is 5.52. The van der Waals surface area contributed by atoms with Gasteiger partial charge in [-0.2, -0.15) is 5.10 Å². The number of aromatic nitrogens is 2. The zero-order valence-electron chi connectivity index (χ0n) is 11.3. The molecular weight excluding hydrogens is 212 g/mol. The third-order valence-corrected chi connectivity index (χ3v) is 3.45. The van der Waals surface area contributed by atoms with Crippen molar-refractivity contribution in [3.05, 3.63) is 12.4 Å². The molecule has 17 heavy (non-hydrogen) atoms. The monoisotopic (exact) mass is 236 g/mol. The molecule has 0 saturated carbocycles. The lowest BCUT2D eigenvalue weighted by Crippen LogP contribution is -2.31. The molecule has 96 valence electrons. The molecule has 4 nitrogen and oxygen atoms in total. The summed E-state index contributed by atoms with van der Waals surface area (Å²) in [7, 11) is 0. The van der Waals surface area contributed by atoms with Gasteiger partial charge in [-0.3, -0.25) is 9.58 Å². The number of nitrogens with zero attached hydrogens (tertiary/aromatic N) is 3. The van der Waals surface area contributed by atoms with Gasteiger partial charge in [0.25, 0.3) is 0 Å². The third-order valence-electron chi connectivity index (χ3n) is 3.45. The molecule has 0 spiro atoms. The SMILES string of the molecule is CC(C)N1CCC(Nc2cnn(C(C)C)c2)C1. The van der Waals surface area contributed by atoms with Gasteiger partial charge >= 0.3 is 0 Å². The van der Waals surface area contributed by atoms with Gasteiger partial charge in [-0.1, -0.05) is 0 Å². The second kappa shape index (κ2) is 5.08. The third kappa shape index (κ3) is 3.00. The van der Waals surface area contributed by atoms with Crippen LogP contribution in [0.2, 0.25) is 0 Å². The number of anilines is 1. The fourth-order valence-electron chi connectivity index (χ4n) is 2.30. The lowest BCUT2D eigenvalue weighted by atomic mass is 10.2. The first-order chi connectivity index (χ1) is 8.06. The van der Waals surface area contributed by atoms with Crippen LogP contribution in [-0.4, -0.2) is 39.9 Å². The number of nitrogens with one attached hydrogen (secondary N) is 1. The fourth-order valence-corrected chi connectivity index (χ4v) is 2.30. The summed E-state index contributed by atoms with van der Waals surface area (Å²) in [6.45, 7) is 11.2. The van der Waals surface area contributed by atoms with Gasteiger partial charge in [-0.15, -0.1) is 0 Å². The maximum absolute atomic E-state index is 4.35. The molecule has 1 saturated heterocycles. The van der Waals surface area contributed by atoms with E-state index in [4.69, 9.17) is 0 Å². The number of rotatable bonds is 4. The first kappa shape index (κ1) is 12.4. The summed E-state index contributed by atoms with van der Waals surface area (Å²) in [6, 6.07) is 1.66. The van der Waals surface area contributed by atoms with Crippen molar-refractivity contribution < 1.29 is 0 Å². The first-order valence-corrected chi connectivity index (χ1v) is 6.61. The van der Waals surface area contributed by atoms with Gasteiger partial charge in [0.05, 0.1) is 11.9 Å². The average molecular weight is 236 g/mol. The molecule has 2 rings (SSSR count). The molecule has 1 aliphatic rings. The summed E-state index contributed by atoms with van der Waals surface area (Å²) >= 11 is 0. The molecule has 1 fully saturated rings. The van der Waals surface area contributed by atoms with Crippen molar-refractivity contribution in [2.75, 3.05) is 18.4 Å². The average Bonchev–Trinajstić information content (AvgIpc) is 2.87. The van der Waals surface area contributed by atoms with Crippen LogP contribution in [0.5, 0.6) is 0 Å². The molecule has 0 aliphatic carbocycles. The lowest BCUT2D eigenvalue weighted by molar-refractivity contribution is 0.274. The van der Waals surface area contributed by atoms with E-state index in [1.54, 1.807) is 0 Å². The van der Waals surface area contributed by atoms with E-state index in [9.17, 15) is 0 Å². The molecule has 1 aliphatic heterocycles. The Labute approximate surface area is 104 Å². The van der Waals surface area contributed by atoms with Crippen LogP contribution in [0, 0.1) is 0 Å². The topological polar surface area (TPSA) is 33.1 Å². The van der Waals surface area contributed by atoms with Crippen molar-refractivity contribution >= 4 is 5.69 Å². The summed E-state index contributed by atoms with van der Waals surface area (Å²) < 4.78 is 2.00. The molecule has 0 amide bonds. The van der Waals surface area contributed by atoms with Crippen molar-refractivity contribution in [1.29, 1.82) is 0 Å². The Kier molecular flexibility index (Phi) is 3.72. The van der Waals surface area contributed by atoms with Gasteiger partial charge in [-0.25, -0.2) is 0 Å². The quantitative estimate of drug-likeness (QED) is 0.871. The highest BCUT2D eigenvalue weighted by atomic mass is 15.3. The predicted octanol–water partition coefficient (Wildman–Crippen LogP) is 2.36. The highest BCUT2D eigenvalue weighted by Gasteiger charge is 2.24. The zero-order chi connectivity index (χ0) is 12.4. The summed E-state index contributed by atoms with van der Waals surface area (Å²) in [4.78, 5) is 2.52. The summed E-state index contributed by atoms with van der Waals surface area (Å²) in [5, 5.41) is 7.93. The normalized spacial score (nSPS) is 21.6. The van der Waals surface area contributed by atoms with Crippen molar-refractivity contribution in [3.8, 4) is 0 Å². The van der Waals surface area contributed by atoms with Crippen LogP contribution in [0.15, 0.2) is 12.4 Å². The number of hydrogen-bond donors (Lipinski definition) is 1. The second-order valence-electron chi connectivity index (χ2n) is 5.52. The largest absolute Gasteiger partial charge is 0.378 e. The van der Waals surface area contributed by atoms with Crippen LogP contribution in [0.1, 0.15) is 40.2 Å². The lowest BCUT2D eigenvalue weighted by Gasteiger charge is -2.20. The number of hydrogen-bond acceptors (Lipinski definition) is 3. The van der Waals surface area contributed by atoms with Crippen LogP contribution in [0.4, 0.5) is 5.69 Å². The van der Waals surface area contributed by atoms with Crippen molar-refractivity contribution in [2.45, 2.75) is 52.2 Å². The zero-order valence-corrected chi connectivity index (χ0v) is 11.3. The smallest absolute Gasteiger partial charge is 0.0729 e. The van der Waals surface area contributed by atoms with Crippen LogP contribution >= 0.6 is 0 Å². The molecule has 1 N–H and O–H groups in total. The Balaban J connectivity index is 1.89. The van der Waals surface area contributed by atoms with E-state index in [0.29, 0.717) is 18.1 Å². The van der Waals surface area contributed by atoms with Gasteiger partial charge in [0.1, 0.15) is 0 Å². The maximum Gasteiger partial charge on any atom is 0.0729 e. The van der Waals surface area contributed by atoms with Crippen LogP contribution in [0.25, 0.3) is 0 Å². The van der Waals surface area contributed by atoms with Crippen LogP contribution < -0.4 is 5.32 Å². The summed E-state index contributed by atoms with van der Waals surface area (Å²) in [5.74, 6) is 0. The summed E-state index contributed by atoms with van der Waals surface area (Å²) in [6.07, 6.45) is 5.26. The van der Waals surface area contributed by atoms with Gasteiger partial charge in [-0.05, 0) is 34.1 Å². The Bertz CT molecular complexity index is 356. The Morgan fingerprint density at radius 3 is 2.59 bits per heavy atom. The van der Waals surface area contributed by atoms with Gasteiger partial charge in [0, 0.05) is 37.4 Å². The maximum atomic E-state index is 4.35. The Morgan fingerprint density at radius 2 is 2.06 bits per heavy atom. The van der Waals surface area contributed by atoms with Crippen molar-refractivity contribution in [3.63, 3.8) is 0 Å². The summed E-state index contributed by atoms with van der Waals surface area (Å²) in [5.41, 5.74) is 1.15. The minimum Gasteiger partial charge on any atom is -0.378 e. The number of likely N-dealkylation sites (tertiary alicyclic amines) is 1. The van der Waals surface area contributed by atoms with E-state index >= 15 is 0 Å². The van der Waals surface area contributed by atoms with Crippen molar-refractivity contribution in [2.24, 2.45) is 0 Å². The highest BCUT2D eigenvalue weighted by molar-refractivity contribution is 5.39. The van der Waals surface area contributed by atoms with E-state index in [1.807, 2.05) is 10.9 Å². The van der Waals surface area contributed by atoms with E-state index in [1.165, 1.54) is 13.0 Å². The minimum atomic E-state index is 0.432. The standard InChI is InChI=1S/C13H24N4/c1-10(2)16-6-5-12(8-16)15-13-7-14-17(9-13)11(3)4/h7,9-12,15H,5-6,8H2,1-4H3. The molecule has 0 bridgehead atoms. The Morgan fingerprint density at radius 1 is 1.29 bits per heavy atom. The minimum absolute atomic E-state index is 0.432. The van der Waals surface area contributed by atoms with Gasteiger partial charge in [0.2, 0.25) is 0 Å². The van der Waals surface area contributed by atoms with E-state index < -0.39 is 0 Å². The van der Waals surface area contributed by atoms with Crippen LogP contribution in [0.3, 0.4) is 0 Å². The fraction of sp³-hybridized carbons (Fsp3) is 0.769. The molecule has 4 heteroatoms. The predicted molar refractivity (Wildman–Crippen MR) is 71.3 cm³/mol. The Hall–Kier alpha value is -1.03. The molecule has 1 unspecified atom stereocenters. The molecule has 1 atom stereocenters. The molecule has 1 aromatic heterocycles. The van der Waals surface area contributed by atoms with E-state index in [2.05, 4.69) is 49.2 Å². The molecule has 0 aromatic carbocycles. The molecule has 1 aromatic rings. The first-order valence-electron chi connectivity index (χ1n) is 6.61. The van der Waals surface area contributed by atoms with Crippen molar-refractivity contribution in [1.82, 2.24) is 14.7 Å². The van der Waals surface area contributed by atoms with E-state index in [-0.39, 0.29) is 0 Å². The molecule has 0 radical (unpaired) electrons. The van der Waals surface area contributed by atoms with Gasteiger partial charge in [0.15, 0.2) is 0 Å². The molecular formula is C13H24N4. The van der Waals surface area contributed by atoms with Gasteiger partial charge < -0.3 is 5.32 Å². The highest BCUT2D eigenvalue weighted by Crippen LogP contribution is 2.18. The van der Waals surface area contributed by atoms with E-state index in [0.717, 1.165) is 12.2 Å².